The quantitative estimate of drug-likeness (QED) is 0.456. The van der Waals surface area contributed by atoms with E-state index in [-0.39, 0.29) is 0 Å². The van der Waals surface area contributed by atoms with Crippen LogP contribution in [0.25, 0.3) is 0 Å². The Morgan fingerprint density at radius 2 is 1.88 bits per heavy atom. The fraction of sp³-hybridized carbons (Fsp3) is 0.867. The first kappa shape index (κ1) is 15.7. The van der Waals surface area contributed by atoms with E-state index in [1.54, 1.807) is 0 Å². The largest absolute Gasteiger partial charge is 0.137 e. The molecule has 0 aromatic rings. The minimum Gasteiger partial charge on any atom is -0.137 e. The lowest BCUT2D eigenvalue weighted by Gasteiger charge is -2.33. The molecule has 1 aliphatic rings. The molecule has 100 valence electrons. The van der Waals surface area contributed by atoms with E-state index in [1.165, 1.54) is 62.8 Å². The van der Waals surface area contributed by atoms with Gasteiger partial charge in [0.05, 0.1) is 0 Å². The van der Waals surface area contributed by atoms with Crippen LogP contribution in [0.15, 0.2) is 12.2 Å². The van der Waals surface area contributed by atoms with Gasteiger partial charge in [-0.1, -0.05) is 24.8 Å². The van der Waals surface area contributed by atoms with Gasteiger partial charge in [-0.05, 0) is 62.7 Å². The van der Waals surface area contributed by atoms with E-state index >= 15 is 0 Å². The van der Waals surface area contributed by atoms with E-state index < -0.39 is 0 Å². The van der Waals surface area contributed by atoms with Gasteiger partial charge in [-0.15, -0.1) is 25.1 Å². The second-order valence-electron chi connectivity index (χ2n) is 5.87. The Balaban J connectivity index is 2.39. The summed E-state index contributed by atoms with van der Waals surface area (Å²) < 4.78 is 0. The molecular formula is C15H30P2. The number of hydrogen-bond acceptors (Lipinski definition) is 0. The topological polar surface area (TPSA) is 0 Å². The van der Waals surface area contributed by atoms with E-state index in [1.807, 2.05) is 0 Å². The van der Waals surface area contributed by atoms with E-state index in [9.17, 15) is 0 Å². The zero-order valence-electron chi connectivity index (χ0n) is 11.5. The molecule has 2 heteroatoms. The SMILES string of the molecule is C=C(C)CCC(CP)CC1CCCCC1CP. The van der Waals surface area contributed by atoms with E-state index in [4.69, 9.17) is 0 Å². The highest BCUT2D eigenvalue weighted by Gasteiger charge is 2.25. The third-order valence-corrected chi connectivity index (χ3v) is 5.59. The molecular weight excluding hydrogens is 242 g/mol. The fourth-order valence-corrected chi connectivity index (χ4v) is 4.16. The molecule has 0 aliphatic heterocycles. The highest BCUT2D eigenvalue weighted by atomic mass is 31.0. The predicted molar refractivity (Wildman–Crippen MR) is 86.8 cm³/mol. The maximum Gasteiger partial charge on any atom is -0.0323 e. The average Bonchev–Trinajstić information content (AvgIpc) is 2.34. The highest BCUT2D eigenvalue weighted by Crippen LogP contribution is 2.37. The summed E-state index contributed by atoms with van der Waals surface area (Å²) in [6.45, 7) is 6.19. The maximum absolute atomic E-state index is 4.03. The Labute approximate surface area is 113 Å². The first-order chi connectivity index (χ1) is 8.17. The van der Waals surface area contributed by atoms with Crippen molar-refractivity contribution in [2.45, 2.75) is 51.9 Å². The lowest BCUT2D eigenvalue weighted by molar-refractivity contribution is 0.217. The molecule has 0 aromatic carbocycles. The monoisotopic (exact) mass is 272 g/mol. The molecule has 0 spiro atoms. The van der Waals surface area contributed by atoms with Crippen LogP contribution in [0.3, 0.4) is 0 Å². The second-order valence-corrected chi connectivity index (χ2v) is 6.82. The molecule has 0 amide bonds. The van der Waals surface area contributed by atoms with Crippen LogP contribution in [0.2, 0.25) is 0 Å². The van der Waals surface area contributed by atoms with E-state index in [0.29, 0.717) is 0 Å². The molecule has 0 nitrogen and oxygen atoms in total. The standard InChI is InChI=1S/C15H30P2/c1-12(2)7-8-13(10-16)9-14-5-3-4-6-15(14)11-17/h13-15H,1,3-11,16-17H2,2H3. The van der Waals surface area contributed by atoms with Gasteiger partial charge in [-0.25, -0.2) is 0 Å². The van der Waals surface area contributed by atoms with Crippen molar-refractivity contribution in [3.05, 3.63) is 12.2 Å². The summed E-state index contributed by atoms with van der Waals surface area (Å²) in [6.07, 6.45) is 12.5. The Bertz CT molecular complexity index is 225. The predicted octanol–water partition coefficient (Wildman–Crippen LogP) is 4.91. The number of hydrogen-bond donors (Lipinski definition) is 0. The molecule has 0 radical (unpaired) electrons. The first-order valence-electron chi connectivity index (χ1n) is 7.21. The van der Waals surface area contributed by atoms with Crippen LogP contribution in [0.4, 0.5) is 0 Å². The van der Waals surface area contributed by atoms with E-state index in [2.05, 4.69) is 32.0 Å². The second kappa shape index (κ2) is 8.66. The highest BCUT2D eigenvalue weighted by molar-refractivity contribution is 7.16. The van der Waals surface area contributed by atoms with Crippen LogP contribution < -0.4 is 0 Å². The molecule has 0 heterocycles. The van der Waals surface area contributed by atoms with Crippen molar-refractivity contribution in [1.82, 2.24) is 0 Å². The van der Waals surface area contributed by atoms with Gasteiger partial charge in [-0.3, -0.25) is 0 Å². The van der Waals surface area contributed by atoms with Crippen LogP contribution in [0.5, 0.6) is 0 Å². The number of allylic oxidation sites excluding steroid dienone is 1. The summed E-state index contributed by atoms with van der Waals surface area (Å²) in [7, 11) is 5.93. The lowest BCUT2D eigenvalue weighted by Crippen LogP contribution is -2.23. The van der Waals surface area contributed by atoms with Crippen molar-refractivity contribution in [2.24, 2.45) is 17.8 Å². The van der Waals surface area contributed by atoms with Gasteiger partial charge in [0.15, 0.2) is 0 Å². The van der Waals surface area contributed by atoms with Crippen molar-refractivity contribution < 1.29 is 0 Å². The summed E-state index contributed by atoms with van der Waals surface area (Å²) in [6, 6.07) is 0. The zero-order chi connectivity index (χ0) is 12.7. The summed E-state index contributed by atoms with van der Waals surface area (Å²) in [5.74, 6) is 2.88. The maximum atomic E-state index is 4.03. The molecule has 1 saturated carbocycles. The van der Waals surface area contributed by atoms with Gasteiger partial charge in [0.25, 0.3) is 0 Å². The van der Waals surface area contributed by atoms with E-state index in [0.717, 1.165) is 17.8 Å². The van der Waals surface area contributed by atoms with Gasteiger partial charge in [0.2, 0.25) is 0 Å². The molecule has 0 bridgehead atoms. The molecule has 0 N–H and O–H groups in total. The van der Waals surface area contributed by atoms with Crippen molar-refractivity contribution in [3.8, 4) is 0 Å². The first-order valence-corrected chi connectivity index (χ1v) is 8.85. The number of rotatable bonds is 7. The third-order valence-electron chi connectivity index (χ3n) is 4.32. The third kappa shape index (κ3) is 5.85. The molecule has 5 atom stereocenters. The smallest absolute Gasteiger partial charge is 0.0323 e. The van der Waals surface area contributed by atoms with Crippen molar-refractivity contribution in [2.75, 3.05) is 12.3 Å². The van der Waals surface area contributed by atoms with Crippen LogP contribution in [-0.4, -0.2) is 12.3 Å². The molecule has 5 unspecified atom stereocenters. The molecule has 1 rings (SSSR count). The van der Waals surface area contributed by atoms with Crippen molar-refractivity contribution in [1.29, 1.82) is 0 Å². The van der Waals surface area contributed by atoms with Crippen LogP contribution in [-0.2, 0) is 0 Å². The Morgan fingerprint density at radius 1 is 1.24 bits per heavy atom. The summed E-state index contributed by atoms with van der Waals surface area (Å²) in [5.41, 5.74) is 1.35. The molecule has 0 saturated heterocycles. The Morgan fingerprint density at radius 3 is 2.41 bits per heavy atom. The van der Waals surface area contributed by atoms with Gasteiger partial charge in [0.1, 0.15) is 0 Å². The Hall–Kier alpha value is 0.600. The molecule has 17 heavy (non-hydrogen) atoms. The minimum atomic E-state index is 0.902. The van der Waals surface area contributed by atoms with Gasteiger partial charge >= 0.3 is 0 Å². The summed E-state index contributed by atoms with van der Waals surface area (Å²) in [4.78, 5) is 0. The molecule has 0 aromatic heterocycles. The van der Waals surface area contributed by atoms with Crippen LogP contribution >= 0.6 is 18.5 Å². The van der Waals surface area contributed by atoms with Crippen LogP contribution in [0.1, 0.15) is 51.9 Å². The Kier molecular flexibility index (Phi) is 7.97. The zero-order valence-corrected chi connectivity index (χ0v) is 13.8. The lowest BCUT2D eigenvalue weighted by atomic mass is 9.75. The minimum absolute atomic E-state index is 0.902. The fourth-order valence-electron chi connectivity index (χ4n) is 3.12. The van der Waals surface area contributed by atoms with Gasteiger partial charge in [0, 0.05) is 0 Å². The molecule has 1 fully saturated rings. The average molecular weight is 272 g/mol. The summed E-state index contributed by atoms with van der Waals surface area (Å²) >= 11 is 0. The summed E-state index contributed by atoms with van der Waals surface area (Å²) in [5, 5.41) is 0. The molecule has 1 aliphatic carbocycles. The van der Waals surface area contributed by atoms with Crippen molar-refractivity contribution >= 4 is 18.5 Å². The van der Waals surface area contributed by atoms with Crippen LogP contribution in [0, 0.1) is 17.8 Å². The normalized spacial score (nSPS) is 26.8. The van der Waals surface area contributed by atoms with Gasteiger partial charge < -0.3 is 0 Å². The van der Waals surface area contributed by atoms with Gasteiger partial charge in [-0.2, -0.15) is 0 Å². The van der Waals surface area contributed by atoms with Crippen molar-refractivity contribution in [3.63, 3.8) is 0 Å².